The van der Waals surface area contributed by atoms with E-state index in [0.29, 0.717) is 5.11 Å². The van der Waals surface area contributed by atoms with E-state index in [0.717, 1.165) is 5.56 Å². The lowest BCUT2D eigenvalue weighted by Gasteiger charge is -1.98. The van der Waals surface area contributed by atoms with E-state index < -0.39 is 0 Å². The first-order valence-corrected chi connectivity index (χ1v) is 4.14. The van der Waals surface area contributed by atoms with Gasteiger partial charge in [-0.2, -0.15) is 5.10 Å². The highest BCUT2D eigenvalue weighted by atomic mass is 32.1. The first kappa shape index (κ1) is 9.60. The van der Waals surface area contributed by atoms with Gasteiger partial charge in [0.25, 0.3) is 0 Å². The summed E-state index contributed by atoms with van der Waals surface area (Å²) in [4.78, 5) is 3.88. The van der Waals surface area contributed by atoms with Crippen LogP contribution in [-0.4, -0.2) is 23.4 Å². The van der Waals surface area contributed by atoms with E-state index >= 15 is 0 Å². The van der Waals surface area contributed by atoms with Crippen molar-refractivity contribution in [2.24, 2.45) is 5.10 Å². The molecule has 68 valence electrons. The van der Waals surface area contributed by atoms with Crippen LogP contribution in [-0.2, 0) is 0 Å². The Hall–Kier alpha value is -1.49. The second-order valence-electron chi connectivity index (χ2n) is 2.23. The average Bonchev–Trinajstić information content (AvgIpc) is 2.19. The maximum absolute atomic E-state index is 4.82. The van der Waals surface area contributed by atoms with Crippen LogP contribution >= 0.6 is 12.2 Å². The highest BCUT2D eigenvalue weighted by molar-refractivity contribution is 7.80. The zero-order chi connectivity index (χ0) is 9.52. The average molecular weight is 194 g/mol. The van der Waals surface area contributed by atoms with E-state index in [9.17, 15) is 0 Å². The highest BCUT2D eigenvalue weighted by Crippen LogP contribution is 1.89. The monoisotopic (exact) mass is 194 g/mol. The maximum atomic E-state index is 4.82. The number of hydrazone groups is 1. The molecule has 0 bridgehead atoms. The van der Waals surface area contributed by atoms with Crippen LogP contribution in [0.3, 0.4) is 0 Å². The largest absolute Gasteiger partial charge is 0.364 e. The number of hydrogen-bond acceptors (Lipinski definition) is 3. The molecule has 0 unspecified atom stereocenters. The van der Waals surface area contributed by atoms with E-state index in [2.05, 4.69) is 20.8 Å². The predicted molar refractivity (Wildman–Crippen MR) is 56.6 cm³/mol. The molecule has 5 heteroatoms. The van der Waals surface area contributed by atoms with Gasteiger partial charge in [-0.25, -0.2) is 0 Å². The molecule has 4 nitrogen and oxygen atoms in total. The molecule has 0 fully saturated rings. The minimum absolute atomic E-state index is 0.491. The first-order chi connectivity index (χ1) is 6.33. The van der Waals surface area contributed by atoms with E-state index in [-0.39, 0.29) is 0 Å². The summed E-state index contributed by atoms with van der Waals surface area (Å²) in [6.07, 6.45) is 5.08. The summed E-state index contributed by atoms with van der Waals surface area (Å²) in [5.74, 6) is 0. The summed E-state index contributed by atoms with van der Waals surface area (Å²) < 4.78 is 0. The van der Waals surface area contributed by atoms with Crippen LogP contribution in [0.2, 0.25) is 0 Å². The Morgan fingerprint density at radius 1 is 1.54 bits per heavy atom. The molecule has 2 N–H and O–H groups in total. The third-order valence-electron chi connectivity index (χ3n) is 1.31. The molecule has 0 aliphatic carbocycles. The molecule has 0 amide bonds. The van der Waals surface area contributed by atoms with Gasteiger partial charge in [0.05, 0.1) is 6.21 Å². The third-order valence-corrected chi connectivity index (χ3v) is 1.61. The minimum atomic E-state index is 0.491. The van der Waals surface area contributed by atoms with Crippen molar-refractivity contribution in [3.63, 3.8) is 0 Å². The van der Waals surface area contributed by atoms with Gasteiger partial charge in [0, 0.05) is 19.4 Å². The number of rotatable bonds is 2. The number of pyridine rings is 1. The molecular weight excluding hydrogens is 184 g/mol. The second-order valence-corrected chi connectivity index (χ2v) is 2.64. The number of thiocarbonyl (C=S) groups is 1. The van der Waals surface area contributed by atoms with E-state index in [1.165, 1.54) is 0 Å². The van der Waals surface area contributed by atoms with Crippen molar-refractivity contribution >= 4 is 23.5 Å². The standard InChI is InChI=1S/C8H10N4S/c1-9-8(13)12-11-6-7-2-4-10-5-3-7/h2-6H,1H3,(H2,9,12,13). The summed E-state index contributed by atoms with van der Waals surface area (Å²) in [5.41, 5.74) is 3.62. The fourth-order valence-corrected chi connectivity index (χ4v) is 0.724. The Labute approximate surface area is 82.1 Å². The van der Waals surface area contributed by atoms with Gasteiger partial charge in [0.15, 0.2) is 5.11 Å². The van der Waals surface area contributed by atoms with Crippen LogP contribution in [0.4, 0.5) is 0 Å². The fourth-order valence-electron chi connectivity index (χ4n) is 0.671. The summed E-state index contributed by atoms with van der Waals surface area (Å²) >= 11 is 4.82. The smallest absolute Gasteiger partial charge is 0.186 e. The lowest BCUT2D eigenvalue weighted by atomic mass is 10.3. The predicted octanol–water partition coefficient (Wildman–Crippen LogP) is 0.509. The van der Waals surface area contributed by atoms with Gasteiger partial charge in [-0.1, -0.05) is 0 Å². The molecule has 1 aromatic rings. The molecule has 0 atom stereocenters. The zero-order valence-electron chi connectivity index (χ0n) is 7.19. The second kappa shape index (κ2) is 5.21. The van der Waals surface area contributed by atoms with Gasteiger partial charge in [0.2, 0.25) is 0 Å². The molecule has 1 heterocycles. The molecule has 1 aromatic heterocycles. The quantitative estimate of drug-likeness (QED) is 0.409. The van der Waals surface area contributed by atoms with Gasteiger partial charge in [-0.15, -0.1) is 0 Å². The summed E-state index contributed by atoms with van der Waals surface area (Å²) in [7, 11) is 1.73. The van der Waals surface area contributed by atoms with Gasteiger partial charge >= 0.3 is 0 Å². The van der Waals surface area contributed by atoms with Gasteiger partial charge in [-0.05, 0) is 29.9 Å². The van der Waals surface area contributed by atoms with Crippen LogP contribution in [0.1, 0.15) is 5.56 Å². The molecule has 0 radical (unpaired) electrons. The molecule has 0 saturated carbocycles. The van der Waals surface area contributed by atoms with Crippen molar-refractivity contribution in [3.05, 3.63) is 30.1 Å². The van der Waals surface area contributed by atoms with Crippen molar-refractivity contribution in [3.8, 4) is 0 Å². The highest BCUT2D eigenvalue weighted by Gasteiger charge is 1.85. The van der Waals surface area contributed by atoms with E-state index in [4.69, 9.17) is 12.2 Å². The minimum Gasteiger partial charge on any atom is -0.364 e. The first-order valence-electron chi connectivity index (χ1n) is 3.74. The van der Waals surface area contributed by atoms with Gasteiger partial charge in [0.1, 0.15) is 0 Å². The molecular formula is C8H10N4S. The summed E-state index contributed by atoms with van der Waals surface area (Å²) in [5, 5.41) is 7.14. The number of nitrogens with one attached hydrogen (secondary N) is 2. The van der Waals surface area contributed by atoms with Gasteiger partial charge in [-0.3, -0.25) is 10.4 Å². The molecule has 0 aromatic carbocycles. The Bertz CT molecular complexity index is 296. The van der Waals surface area contributed by atoms with E-state index in [1.54, 1.807) is 25.7 Å². The Balaban J connectivity index is 2.45. The van der Waals surface area contributed by atoms with E-state index in [1.807, 2.05) is 12.1 Å². The van der Waals surface area contributed by atoms with Crippen molar-refractivity contribution in [1.82, 2.24) is 15.7 Å². The number of aromatic nitrogens is 1. The molecule has 0 aliphatic heterocycles. The van der Waals surface area contributed by atoms with Crippen LogP contribution in [0, 0.1) is 0 Å². The lowest BCUT2D eigenvalue weighted by Crippen LogP contribution is -2.28. The summed E-state index contributed by atoms with van der Waals surface area (Å²) in [6, 6.07) is 3.71. The fraction of sp³-hybridized carbons (Fsp3) is 0.125. The molecule has 0 saturated heterocycles. The summed E-state index contributed by atoms with van der Waals surface area (Å²) in [6.45, 7) is 0. The zero-order valence-corrected chi connectivity index (χ0v) is 8.01. The lowest BCUT2D eigenvalue weighted by molar-refractivity contribution is 0.982. The van der Waals surface area contributed by atoms with Crippen molar-refractivity contribution < 1.29 is 0 Å². The Morgan fingerprint density at radius 3 is 2.85 bits per heavy atom. The topological polar surface area (TPSA) is 49.3 Å². The molecule has 0 spiro atoms. The molecule has 0 aliphatic rings. The van der Waals surface area contributed by atoms with Crippen LogP contribution in [0.15, 0.2) is 29.6 Å². The van der Waals surface area contributed by atoms with Gasteiger partial charge < -0.3 is 5.32 Å². The third kappa shape index (κ3) is 3.62. The Morgan fingerprint density at radius 2 is 2.23 bits per heavy atom. The van der Waals surface area contributed by atoms with Crippen molar-refractivity contribution in [2.75, 3.05) is 7.05 Å². The number of nitrogens with zero attached hydrogens (tertiary/aromatic N) is 2. The maximum Gasteiger partial charge on any atom is 0.186 e. The Kier molecular flexibility index (Phi) is 3.84. The van der Waals surface area contributed by atoms with Crippen LogP contribution in [0.5, 0.6) is 0 Å². The van der Waals surface area contributed by atoms with Crippen LogP contribution in [0.25, 0.3) is 0 Å². The molecule has 13 heavy (non-hydrogen) atoms. The molecule has 1 rings (SSSR count). The normalized spacial score (nSPS) is 9.92. The van der Waals surface area contributed by atoms with Crippen molar-refractivity contribution in [1.29, 1.82) is 0 Å². The van der Waals surface area contributed by atoms with Crippen molar-refractivity contribution in [2.45, 2.75) is 0 Å². The van der Waals surface area contributed by atoms with Crippen LogP contribution < -0.4 is 10.7 Å². The number of hydrogen-bond donors (Lipinski definition) is 2. The SMILES string of the molecule is CNC(=S)NN=Cc1ccncc1.